The Bertz CT molecular complexity index is 502. The minimum atomic E-state index is -0.449. The average Bonchev–Trinajstić information content (AvgIpc) is 2.68. The Morgan fingerprint density at radius 2 is 2.20 bits per heavy atom. The molecule has 5 heteroatoms. The van der Waals surface area contributed by atoms with Gasteiger partial charge in [0.05, 0.1) is 11.7 Å². The summed E-state index contributed by atoms with van der Waals surface area (Å²) in [6, 6.07) is 5.50. The van der Waals surface area contributed by atoms with Gasteiger partial charge in [0.15, 0.2) is 0 Å². The fraction of sp³-hybridized carbons (Fsp3) is 0.533. The number of aliphatic hydroxyl groups is 1. The van der Waals surface area contributed by atoms with Crippen molar-refractivity contribution in [2.24, 2.45) is 0 Å². The highest BCUT2D eigenvalue weighted by atomic mass is 16.3. The number of amides is 1. The first-order valence-corrected chi connectivity index (χ1v) is 6.88. The zero-order valence-electron chi connectivity index (χ0n) is 12.3. The van der Waals surface area contributed by atoms with Gasteiger partial charge in [0, 0.05) is 24.8 Å². The third kappa shape index (κ3) is 3.11. The molecule has 2 rings (SSSR count). The summed E-state index contributed by atoms with van der Waals surface area (Å²) in [5.41, 5.74) is 8.01. The van der Waals surface area contributed by atoms with Crippen molar-refractivity contribution in [2.45, 2.75) is 25.5 Å². The minimum absolute atomic E-state index is 0.0354. The Kier molecular flexibility index (Phi) is 4.30. The van der Waals surface area contributed by atoms with E-state index in [0.29, 0.717) is 24.2 Å². The van der Waals surface area contributed by atoms with Crippen molar-refractivity contribution in [3.8, 4) is 0 Å². The van der Waals surface area contributed by atoms with E-state index in [0.717, 1.165) is 12.1 Å². The van der Waals surface area contributed by atoms with E-state index in [1.807, 2.05) is 32.0 Å². The van der Waals surface area contributed by atoms with Crippen LogP contribution in [0.1, 0.15) is 22.3 Å². The number of aryl methyl sites for hydroxylation is 1. The zero-order chi connectivity index (χ0) is 14.9. The van der Waals surface area contributed by atoms with E-state index < -0.39 is 6.10 Å². The summed E-state index contributed by atoms with van der Waals surface area (Å²) < 4.78 is 0. The number of rotatable bonds is 3. The van der Waals surface area contributed by atoms with E-state index in [1.54, 1.807) is 17.0 Å². The van der Waals surface area contributed by atoms with Crippen LogP contribution in [0, 0.1) is 6.92 Å². The molecule has 20 heavy (non-hydrogen) atoms. The molecule has 1 aromatic carbocycles. The van der Waals surface area contributed by atoms with Crippen LogP contribution < -0.4 is 5.73 Å². The van der Waals surface area contributed by atoms with Gasteiger partial charge in [-0.05, 0) is 45.1 Å². The number of carbonyl (C=O) groups is 1. The number of nitrogen functional groups attached to an aromatic ring is 1. The fourth-order valence-electron chi connectivity index (χ4n) is 2.77. The summed E-state index contributed by atoms with van der Waals surface area (Å²) in [6.45, 7) is 3.07. The minimum Gasteiger partial charge on any atom is -0.398 e. The number of β-amino-alcohol motifs (C(OH)–C–C–N with tert-alkyl or cyclic N) is 1. The van der Waals surface area contributed by atoms with Crippen LogP contribution in [-0.4, -0.2) is 60.1 Å². The molecule has 1 aromatic rings. The second-order valence-electron chi connectivity index (χ2n) is 5.85. The summed E-state index contributed by atoms with van der Waals surface area (Å²) in [4.78, 5) is 16.4. The van der Waals surface area contributed by atoms with Gasteiger partial charge in [0.1, 0.15) is 0 Å². The number of likely N-dealkylation sites (N-methyl/N-ethyl adjacent to an activating group) is 1. The largest absolute Gasteiger partial charge is 0.398 e. The van der Waals surface area contributed by atoms with Crippen LogP contribution in [0.25, 0.3) is 0 Å². The molecule has 1 fully saturated rings. The Labute approximate surface area is 120 Å². The van der Waals surface area contributed by atoms with Gasteiger partial charge < -0.3 is 20.6 Å². The number of hydrogen-bond acceptors (Lipinski definition) is 4. The Balaban J connectivity index is 2.22. The molecule has 3 N–H and O–H groups in total. The smallest absolute Gasteiger partial charge is 0.256 e. The predicted octanol–water partition coefficient (Wildman–Crippen LogP) is 0.714. The van der Waals surface area contributed by atoms with Crippen molar-refractivity contribution in [3.05, 3.63) is 29.3 Å². The number of benzene rings is 1. The van der Waals surface area contributed by atoms with Crippen LogP contribution in [0.2, 0.25) is 0 Å². The molecule has 0 radical (unpaired) electrons. The monoisotopic (exact) mass is 277 g/mol. The van der Waals surface area contributed by atoms with Crippen LogP contribution in [-0.2, 0) is 0 Å². The summed E-state index contributed by atoms with van der Waals surface area (Å²) >= 11 is 0. The highest BCUT2D eigenvalue weighted by Crippen LogP contribution is 2.24. The first-order chi connectivity index (χ1) is 9.38. The summed E-state index contributed by atoms with van der Waals surface area (Å²) in [5, 5.41) is 9.85. The molecule has 5 nitrogen and oxygen atoms in total. The Morgan fingerprint density at radius 1 is 1.50 bits per heavy atom. The van der Waals surface area contributed by atoms with Gasteiger partial charge in [0.25, 0.3) is 5.91 Å². The van der Waals surface area contributed by atoms with Gasteiger partial charge in [-0.3, -0.25) is 4.79 Å². The van der Waals surface area contributed by atoms with Gasteiger partial charge in [-0.15, -0.1) is 0 Å². The van der Waals surface area contributed by atoms with Crippen LogP contribution in [0.5, 0.6) is 0 Å². The quantitative estimate of drug-likeness (QED) is 0.799. The molecule has 1 aliphatic rings. The lowest BCUT2D eigenvalue weighted by atomic mass is 10.1. The number of aliphatic hydroxyl groups excluding tert-OH is 1. The van der Waals surface area contributed by atoms with Crippen LogP contribution in [0.4, 0.5) is 5.69 Å². The number of nitrogens with zero attached hydrogens (tertiary/aromatic N) is 2. The molecule has 2 unspecified atom stereocenters. The maximum atomic E-state index is 12.6. The van der Waals surface area contributed by atoms with Crippen LogP contribution in [0.3, 0.4) is 0 Å². The second kappa shape index (κ2) is 5.81. The first-order valence-electron chi connectivity index (χ1n) is 6.88. The fourth-order valence-corrected chi connectivity index (χ4v) is 2.77. The van der Waals surface area contributed by atoms with Crippen molar-refractivity contribution in [1.29, 1.82) is 0 Å². The van der Waals surface area contributed by atoms with Crippen molar-refractivity contribution >= 4 is 11.6 Å². The molecule has 0 spiro atoms. The molecular weight excluding hydrogens is 254 g/mol. The van der Waals surface area contributed by atoms with Crippen molar-refractivity contribution in [3.63, 3.8) is 0 Å². The summed E-state index contributed by atoms with van der Waals surface area (Å²) in [7, 11) is 3.93. The number of carbonyl (C=O) groups excluding carboxylic acids is 1. The number of nitrogens with two attached hydrogens (primary N) is 1. The van der Waals surface area contributed by atoms with E-state index in [9.17, 15) is 9.90 Å². The van der Waals surface area contributed by atoms with E-state index in [-0.39, 0.29) is 11.9 Å². The lowest BCUT2D eigenvalue weighted by molar-refractivity contribution is 0.0700. The normalized spacial score (nSPS) is 22.6. The molecule has 0 aromatic heterocycles. The number of likely N-dealkylation sites (tertiary alicyclic amines) is 1. The second-order valence-corrected chi connectivity index (χ2v) is 5.85. The molecule has 1 amide bonds. The molecule has 2 atom stereocenters. The Hall–Kier alpha value is -1.59. The molecule has 0 bridgehead atoms. The summed E-state index contributed by atoms with van der Waals surface area (Å²) in [5.74, 6) is -0.0918. The molecule has 110 valence electrons. The molecule has 1 heterocycles. The van der Waals surface area contributed by atoms with E-state index in [4.69, 9.17) is 5.73 Å². The maximum absolute atomic E-state index is 12.6. The standard InChI is InChI=1S/C15H23N3O2/c1-10-4-5-13(14(16)6-10)15(20)18-9-12(19)7-11(18)8-17(2)3/h4-6,11-12,19H,7-9,16H2,1-3H3. The highest BCUT2D eigenvalue weighted by Gasteiger charge is 2.35. The SMILES string of the molecule is Cc1ccc(C(=O)N2CC(O)CC2CN(C)C)c(N)c1. The molecule has 1 aliphatic heterocycles. The van der Waals surface area contributed by atoms with E-state index in [2.05, 4.69) is 0 Å². The van der Waals surface area contributed by atoms with Gasteiger partial charge in [-0.1, -0.05) is 6.07 Å². The molecule has 0 saturated carbocycles. The summed E-state index contributed by atoms with van der Waals surface area (Å²) in [6.07, 6.45) is 0.172. The van der Waals surface area contributed by atoms with Crippen molar-refractivity contribution in [1.82, 2.24) is 9.80 Å². The molecule has 1 saturated heterocycles. The van der Waals surface area contributed by atoms with Gasteiger partial charge in [0.2, 0.25) is 0 Å². The maximum Gasteiger partial charge on any atom is 0.256 e. The van der Waals surface area contributed by atoms with Crippen LogP contribution >= 0.6 is 0 Å². The third-order valence-corrected chi connectivity index (χ3v) is 3.67. The number of hydrogen-bond donors (Lipinski definition) is 2. The first kappa shape index (κ1) is 14.8. The Morgan fingerprint density at radius 3 is 2.80 bits per heavy atom. The highest BCUT2D eigenvalue weighted by molar-refractivity contribution is 5.99. The van der Waals surface area contributed by atoms with E-state index in [1.165, 1.54) is 0 Å². The van der Waals surface area contributed by atoms with Gasteiger partial charge in [-0.25, -0.2) is 0 Å². The third-order valence-electron chi connectivity index (χ3n) is 3.67. The number of anilines is 1. The molecule has 0 aliphatic carbocycles. The van der Waals surface area contributed by atoms with Crippen molar-refractivity contribution in [2.75, 3.05) is 32.9 Å². The topological polar surface area (TPSA) is 69.8 Å². The molecular formula is C15H23N3O2. The van der Waals surface area contributed by atoms with Crippen LogP contribution in [0.15, 0.2) is 18.2 Å². The van der Waals surface area contributed by atoms with E-state index >= 15 is 0 Å². The average molecular weight is 277 g/mol. The lowest BCUT2D eigenvalue weighted by Gasteiger charge is -2.27. The lowest BCUT2D eigenvalue weighted by Crippen LogP contribution is -2.41. The van der Waals surface area contributed by atoms with Gasteiger partial charge in [-0.2, -0.15) is 0 Å². The van der Waals surface area contributed by atoms with Crippen molar-refractivity contribution < 1.29 is 9.90 Å². The van der Waals surface area contributed by atoms with Gasteiger partial charge >= 0.3 is 0 Å². The zero-order valence-corrected chi connectivity index (χ0v) is 12.3. The predicted molar refractivity (Wildman–Crippen MR) is 79.6 cm³/mol.